The summed E-state index contributed by atoms with van der Waals surface area (Å²) in [4.78, 5) is 4.32. The molecule has 0 saturated heterocycles. The molecule has 0 atom stereocenters. The molecule has 2 N–H and O–H groups in total. The van der Waals surface area contributed by atoms with Gasteiger partial charge in [0.2, 0.25) is 0 Å². The van der Waals surface area contributed by atoms with Crippen molar-refractivity contribution < 1.29 is 4.39 Å². The maximum absolute atomic E-state index is 13.8. The van der Waals surface area contributed by atoms with E-state index in [0.29, 0.717) is 17.1 Å². The van der Waals surface area contributed by atoms with Crippen LogP contribution in [0.3, 0.4) is 0 Å². The van der Waals surface area contributed by atoms with Crippen LogP contribution in [0, 0.1) is 17.1 Å². The molecule has 4 nitrogen and oxygen atoms in total. The lowest BCUT2D eigenvalue weighted by atomic mass is 10.1. The molecule has 0 amide bonds. The zero-order valence-electron chi connectivity index (χ0n) is 10.5. The molecule has 3 rings (SSSR count). The van der Waals surface area contributed by atoms with Gasteiger partial charge in [0.25, 0.3) is 0 Å². The third-order valence-electron chi connectivity index (χ3n) is 3.11. The second-order valence-electron chi connectivity index (χ2n) is 4.42. The molecule has 0 radical (unpaired) electrons. The number of imidazole rings is 1. The molecule has 0 unspecified atom stereocenters. The van der Waals surface area contributed by atoms with E-state index in [9.17, 15) is 4.39 Å². The Balaban J connectivity index is 2.32. The standard InChI is InChI=1S/C15H11FN4/c16-12-5-2-8-20-13(6-7-17)14(19-15(12)20)10-3-1-4-11(18)9-10/h1-5,8-9H,6,18H2. The van der Waals surface area contributed by atoms with Crippen molar-refractivity contribution in [2.45, 2.75) is 6.42 Å². The van der Waals surface area contributed by atoms with Crippen molar-refractivity contribution in [1.82, 2.24) is 9.38 Å². The SMILES string of the molecule is N#CCc1c(-c2cccc(N)c2)nc2c(F)cccn12. The highest BCUT2D eigenvalue weighted by molar-refractivity contribution is 5.70. The largest absolute Gasteiger partial charge is 0.399 e. The minimum absolute atomic E-state index is 0.148. The Hall–Kier alpha value is -2.87. The number of rotatable bonds is 2. The normalized spacial score (nSPS) is 10.6. The van der Waals surface area contributed by atoms with Crippen molar-refractivity contribution in [1.29, 1.82) is 5.26 Å². The molecular formula is C15H11FN4. The lowest BCUT2D eigenvalue weighted by Crippen LogP contribution is -1.94. The molecule has 0 saturated carbocycles. The van der Waals surface area contributed by atoms with Gasteiger partial charge in [-0.1, -0.05) is 12.1 Å². The third-order valence-corrected chi connectivity index (χ3v) is 3.11. The molecule has 0 spiro atoms. The first-order chi connectivity index (χ1) is 9.70. The van der Waals surface area contributed by atoms with Gasteiger partial charge < -0.3 is 5.73 Å². The Morgan fingerprint density at radius 1 is 1.30 bits per heavy atom. The molecule has 98 valence electrons. The molecule has 0 fully saturated rings. The van der Waals surface area contributed by atoms with E-state index in [1.165, 1.54) is 6.07 Å². The number of aromatic nitrogens is 2. The fourth-order valence-electron chi connectivity index (χ4n) is 2.24. The second kappa shape index (κ2) is 4.67. The molecule has 3 aromatic rings. The van der Waals surface area contributed by atoms with E-state index in [1.54, 1.807) is 34.9 Å². The Kier molecular flexibility index (Phi) is 2.84. The van der Waals surface area contributed by atoms with Gasteiger partial charge in [0.15, 0.2) is 11.5 Å². The topological polar surface area (TPSA) is 67.1 Å². The molecule has 0 aliphatic heterocycles. The van der Waals surface area contributed by atoms with Crippen LogP contribution in [0.25, 0.3) is 16.9 Å². The summed E-state index contributed by atoms with van der Waals surface area (Å²) in [5, 5.41) is 8.98. The van der Waals surface area contributed by atoms with E-state index >= 15 is 0 Å². The van der Waals surface area contributed by atoms with E-state index in [1.807, 2.05) is 6.07 Å². The monoisotopic (exact) mass is 266 g/mol. The number of fused-ring (bicyclic) bond motifs is 1. The Labute approximate surface area is 114 Å². The highest BCUT2D eigenvalue weighted by Gasteiger charge is 2.16. The van der Waals surface area contributed by atoms with Gasteiger partial charge >= 0.3 is 0 Å². The molecule has 0 bridgehead atoms. The lowest BCUT2D eigenvalue weighted by molar-refractivity contribution is 0.629. The van der Waals surface area contributed by atoms with Crippen LogP contribution in [0.1, 0.15) is 5.69 Å². The highest BCUT2D eigenvalue weighted by Crippen LogP contribution is 2.27. The number of nitrogen functional groups attached to an aromatic ring is 1. The minimum Gasteiger partial charge on any atom is -0.399 e. The summed E-state index contributed by atoms with van der Waals surface area (Å²) in [6, 6.07) is 12.2. The van der Waals surface area contributed by atoms with Gasteiger partial charge in [0.1, 0.15) is 0 Å². The Bertz CT molecular complexity index is 829. The quantitative estimate of drug-likeness (QED) is 0.725. The summed E-state index contributed by atoms with van der Waals surface area (Å²) in [5.41, 5.74) is 8.61. The van der Waals surface area contributed by atoms with E-state index in [4.69, 9.17) is 11.0 Å². The van der Waals surface area contributed by atoms with Crippen LogP contribution in [-0.2, 0) is 6.42 Å². The van der Waals surface area contributed by atoms with Gasteiger partial charge in [0, 0.05) is 17.4 Å². The lowest BCUT2D eigenvalue weighted by Gasteiger charge is -2.02. The average molecular weight is 266 g/mol. The molecule has 5 heteroatoms. The van der Waals surface area contributed by atoms with E-state index in [-0.39, 0.29) is 12.1 Å². The van der Waals surface area contributed by atoms with Crippen LogP contribution in [0.2, 0.25) is 0 Å². The summed E-state index contributed by atoms with van der Waals surface area (Å²) in [6.07, 6.45) is 1.85. The van der Waals surface area contributed by atoms with Gasteiger partial charge in [-0.25, -0.2) is 9.37 Å². The first-order valence-corrected chi connectivity index (χ1v) is 6.09. The summed E-state index contributed by atoms with van der Waals surface area (Å²) < 4.78 is 15.4. The van der Waals surface area contributed by atoms with Crippen molar-refractivity contribution in [3.63, 3.8) is 0 Å². The van der Waals surface area contributed by atoms with Crippen LogP contribution in [-0.4, -0.2) is 9.38 Å². The number of nitriles is 1. The maximum Gasteiger partial charge on any atom is 0.174 e. The zero-order valence-corrected chi connectivity index (χ0v) is 10.5. The first kappa shape index (κ1) is 12.2. The van der Waals surface area contributed by atoms with Crippen LogP contribution >= 0.6 is 0 Å². The number of hydrogen-bond acceptors (Lipinski definition) is 3. The molecule has 0 aliphatic carbocycles. The summed E-state index contributed by atoms with van der Waals surface area (Å²) in [7, 11) is 0. The molecule has 0 aliphatic rings. The fourth-order valence-corrected chi connectivity index (χ4v) is 2.24. The second-order valence-corrected chi connectivity index (χ2v) is 4.42. The number of benzene rings is 1. The summed E-state index contributed by atoms with van der Waals surface area (Å²) >= 11 is 0. The predicted octanol–water partition coefficient (Wildman–Crippen LogP) is 2.79. The van der Waals surface area contributed by atoms with Crippen molar-refractivity contribution >= 4 is 11.3 Å². The van der Waals surface area contributed by atoms with Crippen molar-refractivity contribution in [3.8, 4) is 17.3 Å². The van der Waals surface area contributed by atoms with E-state index < -0.39 is 5.82 Å². The third kappa shape index (κ3) is 1.88. The van der Waals surface area contributed by atoms with Gasteiger partial charge in [0.05, 0.1) is 23.9 Å². The van der Waals surface area contributed by atoms with Gasteiger partial charge in [-0.3, -0.25) is 4.40 Å². The van der Waals surface area contributed by atoms with Crippen LogP contribution < -0.4 is 5.73 Å². The Morgan fingerprint density at radius 3 is 2.90 bits per heavy atom. The minimum atomic E-state index is -0.415. The first-order valence-electron chi connectivity index (χ1n) is 6.09. The van der Waals surface area contributed by atoms with Crippen LogP contribution in [0.4, 0.5) is 10.1 Å². The van der Waals surface area contributed by atoms with Crippen LogP contribution in [0.15, 0.2) is 42.6 Å². The van der Waals surface area contributed by atoms with Gasteiger partial charge in [-0.15, -0.1) is 0 Å². The Morgan fingerprint density at radius 2 is 2.15 bits per heavy atom. The number of nitrogens with zero attached hydrogens (tertiary/aromatic N) is 3. The molecule has 2 aromatic heterocycles. The predicted molar refractivity (Wildman–Crippen MR) is 74.3 cm³/mol. The van der Waals surface area contributed by atoms with E-state index in [2.05, 4.69) is 11.1 Å². The van der Waals surface area contributed by atoms with E-state index in [0.717, 1.165) is 5.56 Å². The maximum atomic E-state index is 13.8. The number of hydrogen-bond donors (Lipinski definition) is 1. The smallest absolute Gasteiger partial charge is 0.174 e. The van der Waals surface area contributed by atoms with Crippen molar-refractivity contribution in [3.05, 3.63) is 54.1 Å². The number of halogens is 1. The highest BCUT2D eigenvalue weighted by atomic mass is 19.1. The molecule has 20 heavy (non-hydrogen) atoms. The summed E-state index contributed by atoms with van der Waals surface area (Å²) in [5.74, 6) is -0.415. The number of pyridine rings is 1. The molecule has 1 aromatic carbocycles. The molecular weight excluding hydrogens is 255 g/mol. The average Bonchev–Trinajstić information content (AvgIpc) is 2.80. The summed E-state index contributed by atoms with van der Waals surface area (Å²) in [6.45, 7) is 0. The van der Waals surface area contributed by atoms with Crippen LogP contribution in [0.5, 0.6) is 0 Å². The van der Waals surface area contributed by atoms with Crippen molar-refractivity contribution in [2.75, 3.05) is 5.73 Å². The zero-order chi connectivity index (χ0) is 14.1. The number of anilines is 1. The number of nitrogens with two attached hydrogens (primary N) is 1. The van der Waals surface area contributed by atoms with Crippen molar-refractivity contribution in [2.24, 2.45) is 0 Å². The fraction of sp³-hybridized carbons (Fsp3) is 0.0667. The molecule has 2 heterocycles. The van der Waals surface area contributed by atoms with Gasteiger partial charge in [-0.05, 0) is 24.3 Å². The van der Waals surface area contributed by atoms with Gasteiger partial charge in [-0.2, -0.15) is 5.26 Å².